The number of rotatable bonds is 5. The van der Waals surface area contributed by atoms with E-state index in [0.29, 0.717) is 18.5 Å². The molecule has 0 radical (unpaired) electrons. The lowest BCUT2D eigenvalue weighted by Gasteiger charge is -2.40. The number of nitrogens with one attached hydrogen (secondary N) is 1. The highest BCUT2D eigenvalue weighted by atomic mass is 16.5. The summed E-state index contributed by atoms with van der Waals surface area (Å²) in [6, 6.07) is 0.391. The highest BCUT2D eigenvalue weighted by molar-refractivity contribution is 5.80. The second-order valence-corrected chi connectivity index (χ2v) is 6.13. The first kappa shape index (κ1) is 13.8. The minimum atomic E-state index is -0.389. The third-order valence-corrected chi connectivity index (χ3v) is 4.14. The van der Waals surface area contributed by atoms with Gasteiger partial charge < -0.3 is 15.8 Å². The number of hydrogen-bond donors (Lipinski definition) is 2. The van der Waals surface area contributed by atoms with Gasteiger partial charge in [-0.15, -0.1) is 0 Å². The Bertz CT molecular complexity index is 304. The SMILES string of the molecule is CC1CCCC(CN)(OC(C)C(=O)NC2CC2)C1. The van der Waals surface area contributed by atoms with Crippen LogP contribution in [0.5, 0.6) is 0 Å². The van der Waals surface area contributed by atoms with Crippen LogP contribution in [-0.2, 0) is 9.53 Å². The van der Waals surface area contributed by atoms with Gasteiger partial charge in [-0.25, -0.2) is 0 Å². The monoisotopic (exact) mass is 254 g/mol. The van der Waals surface area contributed by atoms with E-state index in [-0.39, 0.29) is 17.6 Å². The molecule has 2 aliphatic rings. The van der Waals surface area contributed by atoms with Gasteiger partial charge in [0.25, 0.3) is 0 Å². The lowest BCUT2D eigenvalue weighted by atomic mass is 9.78. The quantitative estimate of drug-likeness (QED) is 0.783. The first-order valence-corrected chi connectivity index (χ1v) is 7.23. The lowest BCUT2D eigenvalue weighted by molar-refractivity contribution is -0.151. The van der Waals surface area contributed by atoms with E-state index in [0.717, 1.165) is 32.1 Å². The summed E-state index contributed by atoms with van der Waals surface area (Å²) in [4.78, 5) is 11.9. The Morgan fingerprint density at radius 2 is 2.22 bits per heavy atom. The Morgan fingerprint density at radius 3 is 2.78 bits per heavy atom. The molecule has 0 spiro atoms. The number of ether oxygens (including phenoxy) is 1. The zero-order chi connectivity index (χ0) is 13.2. The molecule has 0 heterocycles. The van der Waals surface area contributed by atoms with Gasteiger partial charge in [0, 0.05) is 12.6 Å². The third kappa shape index (κ3) is 3.45. The highest BCUT2D eigenvalue weighted by Crippen LogP contribution is 2.35. The van der Waals surface area contributed by atoms with Crippen LogP contribution in [0.25, 0.3) is 0 Å². The zero-order valence-electron chi connectivity index (χ0n) is 11.6. The average molecular weight is 254 g/mol. The molecular formula is C14H26N2O2. The molecule has 0 aromatic rings. The van der Waals surface area contributed by atoms with Crippen molar-refractivity contribution in [3.8, 4) is 0 Å². The fraction of sp³-hybridized carbons (Fsp3) is 0.929. The van der Waals surface area contributed by atoms with Crippen LogP contribution in [0, 0.1) is 5.92 Å². The third-order valence-electron chi connectivity index (χ3n) is 4.14. The molecule has 1 amide bonds. The van der Waals surface area contributed by atoms with E-state index in [2.05, 4.69) is 12.2 Å². The molecule has 0 saturated heterocycles. The van der Waals surface area contributed by atoms with Crippen LogP contribution in [-0.4, -0.2) is 30.2 Å². The van der Waals surface area contributed by atoms with Crippen LogP contribution in [0.2, 0.25) is 0 Å². The van der Waals surface area contributed by atoms with E-state index in [4.69, 9.17) is 10.5 Å². The van der Waals surface area contributed by atoms with Gasteiger partial charge in [-0.2, -0.15) is 0 Å². The van der Waals surface area contributed by atoms with Crippen LogP contribution < -0.4 is 11.1 Å². The molecule has 104 valence electrons. The fourth-order valence-corrected chi connectivity index (χ4v) is 2.93. The van der Waals surface area contributed by atoms with Gasteiger partial charge >= 0.3 is 0 Å². The first-order chi connectivity index (χ1) is 8.54. The van der Waals surface area contributed by atoms with E-state index in [1.54, 1.807) is 0 Å². The molecule has 0 bridgehead atoms. The van der Waals surface area contributed by atoms with E-state index in [9.17, 15) is 4.79 Å². The van der Waals surface area contributed by atoms with Gasteiger partial charge in [0.15, 0.2) is 0 Å². The average Bonchev–Trinajstić information content (AvgIpc) is 3.13. The molecule has 2 rings (SSSR count). The maximum Gasteiger partial charge on any atom is 0.249 e. The van der Waals surface area contributed by atoms with Gasteiger partial charge in [0.1, 0.15) is 6.10 Å². The van der Waals surface area contributed by atoms with E-state index in [1.807, 2.05) is 6.92 Å². The molecule has 0 aromatic carbocycles. The maximum atomic E-state index is 11.9. The van der Waals surface area contributed by atoms with Crippen LogP contribution >= 0.6 is 0 Å². The van der Waals surface area contributed by atoms with Crippen molar-refractivity contribution in [3.63, 3.8) is 0 Å². The lowest BCUT2D eigenvalue weighted by Crippen LogP contribution is -2.49. The molecule has 0 aliphatic heterocycles. The summed E-state index contributed by atoms with van der Waals surface area (Å²) in [5.41, 5.74) is 5.63. The van der Waals surface area contributed by atoms with Crippen LogP contribution in [0.4, 0.5) is 0 Å². The Kier molecular flexibility index (Phi) is 4.28. The standard InChI is InChI=1S/C14H26N2O2/c1-10-4-3-7-14(8-10,9-15)18-11(2)13(17)16-12-5-6-12/h10-12H,3-9,15H2,1-2H3,(H,16,17). The molecule has 3 atom stereocenters. The number of nitrogens with two attached hydrogens (primary N) is 1. The summed E-state index contributed by atoms with van der Waals surface area (Å²) in [7, 11) is 0. The minimum absolute atomic E-state index is 0.0172. The summed E-state index contributed by atoms with van der Waals surface area (Å²) in [6.07, 6.45) is 6.18. The molecule has 2 fully saturated rings. The first-order valence-electron chi connectivity index (χ1n) is 7.23. The van der Waals surface area contributed by atoms with Crippen molar-refractivity contribution in [1.82, 2.24) is 5.32 Å². The second-order valence-electron chi connectivity index (χ2n) is 6.13. The Labute approximate surface area is 110 Å². The summed E-state index contributed by atoms with van der Waals surface area (Å²) >= 11 is 0. The number of carbonyl (C=O) groups is 1. The minimum Gasteiger partial charge on any atom is -0.361 e. The molecule has 3 N–H and O–H groups in total. The van der Waals surface area contributed by atoms with Gasteiger partial charge in [0.2, 0.25) is 5.91 Å². The van der Waals surface area contributed by atoms with Crippen molar-refractivity contribution in [2.45, 2.75) is 70.1 Å². The molecule has 2 aliphatic carbocycles. The normalized spacial score (nSPS) is 34.1. The van der Waals surface area contributed by atoms with Crippen molar-refractivity contribution in [3.05, 3.63) is 0 Å². The van der Waals surface area contributed by atoms with Gasteiger partial charge in [-0.05, 0) is 38.5 Å². The summed E-state index contributed by atoms with van der Waals surface area (Å²) < 4.78 is 6.05. The van der Waals surface area contributed by atoms with Gasteiger partial charge in [-0.3, -0.25) is 4.79 Å². The van der Waals surface area contributed by atoms with E-state index < -0.39 is 0 Å². The largest absolute Gasteiger partial charge is 0.361 e. The van der Waals surface area contributed by atoms with Crippen LogP contribution in [0.1, 0.15) is 52.4 Å². The van der Waals surface area contributed by atoms with Crippen molar-refractivity contribution in [2.24, 2.45) is 11.7 Å². The Balaban J connectivity index is 1.89. The topological polar surface area (TPSA) is 64.3 Å². The van der Waals surface area contributed by atoms with Crippen molar-refractivity contribution >= 4 is 5.91 Å². The Morgan fingerprint density at radius 1 is 1.50 bits per heavy atom. The van der Waals surface area contributed by atoms with E-state index in [1.165, 1.54) is 6.42 Å². The predicted octanol–water partition coefficient (Wildman–Crippen LogP) is 1.58. The van der Waals surface area contributed by atoms with Crippen molar-refractivity contribution in [2.75, 3.05) is 6.54 Å². The van der Waals surface area contributed by atoms with Crippen molar-refractivity contribution < 1.29 is 9.53 Å². The zero-order valence-corrected chi connectivity index (χ0v) is 11.6. The summed E-state index contributed by atoms with van der Waals surface area (Å²) in [5.74, 6) is 0.657. The molecular weight excluding hydrogens is 228 g/mol. The molecule has 18 heavy (non-hydrogen) atoms. The summed E-state index contributed by atoms with van der Waals surface area (Å²) in [6.45, 7) is 4.59. The molecule has 2 saturated carbocycles. The molecule has 4 nitrogen and oxygen atoms in total. The van der Waals surface area contributed by atoms with Crippen LogP contribution in [0.3, 0.4) is 0 Å². The summed E-state index contributed by atoms with van der Waals surface area (Å²) in [5, 5.41) is 2.99. The number of hydrogen-bond acceptors (Lipinski definition) is 3. The number of carbonyl (C=O) groups excluding carboxylic acids is 1. The van der Waals surface area contributed by atoms with E-state index >= 15 is 0 Å². The fourth-order valence-electron chi connectivity index (χ4n) is 2.93. The predicted molar refractivity (Wildman–Crippen MR) is 71.1 cm³/mol. The maximum absolute atomic E-state index is 11.9. The second kappa shape index (κ2) is 5.57. The molecule has 0 aromatic heterocycles. The smallest absolute Gasteiger partial charge is 0.249 e. The highest BCUT2D eigenvalue weighted by Gasteiger charge is 2.38. The van der Waals surface area contributed by atoms with Crippen molar-refractivity contribution in [1.29, 1.82) is 0 Å². The Hall–Kier alpha value is -0.610. The van der Waals surface area contributed by atoms with Crippen LogP contribution in [0.15, 0.2) is 0 Å². The van der Waals surface area contributed by atoms with Gasteiger partial charge in [0.05, 0.1) is 5.60 Å². The molecule has 3 unspecified atom stereocenters. The van der Waals surface area contributed by atoms with Gasteiger partial charge in [-0.1, -0.05) is 19.8 Å². The number of amides is 1. The molecule has 4 heteroatoms.